The zero-order chi connectivity index (χ0) is 14.0. The highest BCUT2D eigenvalue weighted by Gasteiger charge is 2.23. The first-order chi connectivity index (χ1) is 9.04. The van der Waals surface area contributed by atoms with Crippen molar-refractivity contribution in [3.05, 3.63) is 22.2 Å². The average Bonchev–Trinajstić information content (AvgIpc) is 2.84. The number of nitro groups is 1. The maximum absolute atomic E-state index is 11.0. The van der Waals surface area contributed by atoms with Crippen LogP contribution in [0.25, 0.3) is 11.0 Å². The molecule has 100 valence electrons. The smallest absolute Gasteiger partial charge is 0.316 e. The minimum absolute atomic E-state index is 0.0234. The van der Waals surface area contributed by atoms with Gasteiger partial charge in [-0.25, -0.2) is 4.63 Å². The number of nitro benzene ring substituents is 1. The Morgan fingerprint density at radius 2 is 2.21 bits per heavy atom. The Labute approximate surface area is 110 Å². The molecule has 1 atom stereocenters. The molecule has 0 saturated carbocycles. The van der Waals surface area contributed by atoms with Crippen molar-refractivity contribution in [1.29, 1.82) is 0 Å². The topological polar surface area (TPSA) is 119 Å². The summed E-state index contributed by atoms with van der Waals surface area (Å²) in [6.45, 7) is 1.75. The number of benzene rings is 1. The summed E-state index contributed by atoms with van der Waals surface area (Å²) in [6.07, 6.45) is 0.420. The van der Waals surface area contributed by atoms with Gasteiger partial charge in [0, 0.05) is 11.0 Å². The van der Waals surface area contributed by atoms with Crippen molar-refractivity contribution in [3.63, 3.8) is 0 Å². The van der Waals surface area contributed by atoms with Crippen LogP contribution in [0.2, 0.25) is 0 Å². The molecular weight excluding hydrogens is 274 g/mol. The van der Waals surface area contributed by atoms with Crippen LogP contribution in [0.15, 0.2) is 21.7 Å². The van der Waals surface area contributed by atoms with Crippen LogP contribution in [0.3, 0.4) is 0 Å². The lowest BCUT2D eigenvalue weighted by Gasteiger charge is -2.08. The lowest BCUT2D eigenvalue weighted by molar-refractivity contribution is -0.383. The minimum atomic E-state index is -0.949. The standard InChI is InChI=1S/C10H9N3O5S/c1-2-6(10(14)15)19-7-4-3-5(13(16)17)8-9(7)12-18-11-8/h3-4,6H,2H2,1H3,(H,14,15). The first kappa shape index (κ1) is 13.3. The van der Waals surface area contributed by atoms with E-state index in [4.69, 9.17) is 5.11 Å². The summed E-state index contributed by atoms with van der Waals surface area (Å²) < 4.78 is 4.51. The van der Waals surface area contributed by atoms with E-state index in [-0.39, 0.29) is 16.7 Å². The summed E-state index contributed by atoms with van der Waals surface area (Å²) in [7, 11) is 0. The van der Waals surface area contributed by atoms with E-state index in [1.54, 1.807) is 6.92 Å². The van der Waals surface area contributed by atoms with Crippen LogP contribution in [-0.4, -0.2) is 31.6 Å². The number of carboxylic acids is 1. The fraction of sp³-hybridized carbons (Fsp3) is 0.300. The lowest BCUT2D eigenvalue weighted by Crippen LogP contribution is -2.14. The average molecular weight is 283 g/mol. The third-order valence-corrected chi connectivity index (χ3v) is 3.87. The first-order valence-corrected chi connectivity index (χ1v) is 6.21. The van der Waals surface area contributed by atoms with Gasteiger partial charge in [-0.2, -0.15) is 0 Å². The highest BCUT2D eigenvalue weighted by molar-refractivity contribution is 8.00. The predicted octanol–water partition coefficient (Wildman–Crippen LogP) is 2.09. The van der Waals surface area contributed by atoms with E-state index >= 15 is 0 Å². The van der Waals surface area contributed by atoms with Gasteiger partial charge in [0.15, 0.2) is 5.52 Å². The summed E-state index contributed by atoms with van der Waals surface area (Å²) in [5.41, 5.74) is 0.0121. The molecule has 1 aromatic carbocycles. The second-order valence-electron chi connectivity index (χ2n) is 3.65. The monoisotopic (exact) mass is 283 g/mol. The highest BCUT2D eigenvalue weighted by atomic mass is 32.2. The zero-order valence-electron chi connectivity index (χ0n) is 9.77. The summed E-state index contributed by atoms with van der Waals surface area (Å²) in [4.78, 5) is 21.7. The van der Waals surface area contributed by atoms with Crippen molar-refractivity contribution >= 4 is 34.5 Å². The number of aromatic nitrogens is 2. The predicted molar refractivity (Wildman–Crippen MR) is 66.0 cm³/mol. The van der Waals surface area contributed by atoms with Crippen LogP contribution < -0.4 is 0 Å². The number of hydrogen-bond donors (Lipinski definition) is 1. The zero-order valence-corrected chi connectivity index (χ0v) is 10.6. The van der Waals surface area contributed by atoms with E-state index < -0.39 is 16.1 Å². The minimum Gasteiger partial charge on any atom is -0.480 e. The molecule has 0 bridgehead atoms. The Balaban J connectivity index is 2.46. The van der Waals surface area contributed by atoms with Crippen molar-refractivity contribution in [3.8, 4) is 0 Å². The summed E-state index contributed by atoms with van der Waals surface area (Å²) >= 11 is 1.07. The number of nitrogens with zero attached hydrogens (tertiary/aromatic N) is 3. The molecule has 0 aliphatic rings. The van der Waals surface area contributed by atoms with Gasteiger partial charge >= 0.3 is 11.7 Å². The van der Waals surface area contributed by atoms with Gasteiger partial charge in [-0.15, -0.1) is 11.8 Å². The molecule has 0 spiro atoms. The van der Waals surface area contributed by atoms with Gasteiger partial charge in [0.2, 0.25) is 5.52 Å². The van der Waals surface area contributed by atoms with Gasteiger partial charge in [0.05, 0.1) is 4.92 Å². The molecule has 1 heterocycles. The van der Waals surface area contributed by atoms with Crippen molar-refractivity contribution in [2.75, 3.05) is 0 Å². The molecule has 9 heteroatoms. The number of carboxylic acid groups (broad SMARTS) is 1. The van der Waals surface area contributed by atoms with Crippen molar-refractivity contribution in [2.24, 2.45) is 0 Å². The fourth-order valence-electron chi connectivity index (χ4n) is 1.53. The van der Waals surface area contributed by atoms with Gasteiger partial charge in [0.25, 0.3) is 0 Å². The van der Waals surface area contributed by atoms with Crippen LogP contribution in [0.1, 0.15) is 13.3 Å². The molecule has 2 aromatic rings. The number of aliphatic carboxylic acids is 1. The molecule has 0 saturated heterocycles. The maximum atomic E-state index is 11.0. The molecular formula is C10H9N3O5S. The summed E-state index contributed by atoms with van der Waals surface area (Å²) in [6, 6.07) is 2.73. The van der Waals surface area contributed by atoms with Crippen LogP contribution in [-0.2, 0) is 4.79 Å². The lowest BCUT2D eigenvalue weighted by atomic mass is 10.3. The Hall–Kier alpha value is -2.16. The normalized spacial score (nSPS) is 12.5. The van der Waals surface area contributed by atoms with Gasteiger partial charge in [-0.3, -0.25) is 14.9 Å². The second-order valence-corrected chi connectivity index (χ2v) is 4.90. The molecule has 0 aliphatic heterocycles. The van der Waals surface area contributed by atoms with Gasteiger partial charge in [0.1, 0.15) is 5.25 Å². The van der Waals surface area contributed by atoms with Crippen molar-refractivity contribution < 1.29 is 19.5 Å². The van der Waals surface area contributed by atoms with Crippen LogP contribution in [0.4, 0.5) is 5.69 Å². The second kappa shape index (κ2) is 5.22. The number of carbonyl (C=O) groups is 1. The number of thioether (sulfide) groups is 1. The van der Waals surface area contributed by atoms with Gasteiger partial charge < -0.3 is 5.11 Å². The molecule has 19 heavy (non-hydrogen) atoms. The summed E-state index contributed by atoms with van der Waals surface area (Å²) in [5.74, 6) is -0.949. The van der Waals surface area contributed by atoms with Crippen molar-refractivity contribution in [2.45, 2.75) is 23.5 Å². The number of non-ortho nitro benzene ring substituents is 1. The van der Waals surface area contributed by atoms with Crippen LogP contribution in [0.5, 0.6) is 0 Å². The largest absolute Gasteiger partial charge is 0.480 e. The SMILES string of the molecule is CCC(Sc1ccc([N+](=O)[O-])c2nonc12)C(=O)O. The molecule has 1 unspecified atom stereocenters. The molecule has 0 aliphatic carbocycles. The Morgan fingerprint density at radius 1 is 1.53 bits per heavy atom. The van der Waals surface area contributed by atoms with E-state index in [0.717, 1.165) is 11.8 Å². The molecule has 0 amide bonds. The van der Waals surface area contributed by atoms with E-state index in [1.165, 1.54) is 12.1 Å². The first-order valence-electron chi connectivity index (χ1n) is 5.33. The van der Waals surface area contributed by atoms with Gasteiger partial charge in [-0.1, -0.05) is 6.92 Å². The highest BCUT2D eigenvalue weighted by Crippen LogP contribution is 2.34. The molecule has 2 rings (SSSR count). The molecule has 1 aromatic heterocycles. The summed E-state index contributed by atoms with van der Waals surface area (Å²) in [5, 5.41) is 26.3. The Kier molecular flexibility index (Phi) is 3.65. The molecule has 0 fully saturated rings. The number of hydrogen-bond acceptors (Lipinski definition) is 7. The van der Waals surface area contributed by atoms with E-state index in [9.17, 15) is 14.9 Å². The number of fused-ring (bicyclic) bond motifs is 1. The van der Waals surface area contributed by atoms with Crippen LogP contribution >= 0.6 is 11.8 Å². The van der Waals surface area contributed by atoms with Gasteiger partial charge in [-0.05, 0) is 22.8 Å². The maximum Gasteiger partial charge on any atom is 0.316 e. The molecule has 0 radical (unpaired) electrons. The van der Waals surface area contributed by atoms with Crippen molar-refractivity contribution in [1.82, 2.24) is 10.3 Å². The van der Waals surface area contributed by atoms with E-state index in [1.807, 2.05) is 0 Å². The van der Waals surface area contributed by atoms with E-state index in [0.29, 0.717) is 11.3 Å². The Bertz CT molecular complexity index is 641. The quantitative estimate of drug-likeness (QED) is 0.503. The van der Waals surface area contributed by atoms with Crippen LogP contribution in [0, 0.1) is 10.1 Å². The van der Waals surface area contributed by atoms with E-state index in [2.05, 4.69) is 14.9 Å². The number of rotatable bonds is 5. The third kappa shape index (κ3) is 2.50. The molecule has 8 nitrogen and oxygen atoms in total. The Morgan fingerprint density at radius 3 is 2.79 bits per heavy atom. The fourth-order valence-corrected chi connectivity index (χ4v) is 2.50. The third-order valence-electron chi connectivity index (χ3n) is 2.47. The molecule has 1 N–H and O–H groups in total.